The van der Waals surface area contributed by atoms with Crippen molar-refractivity contribution in [2.75, 3.05) is 0 Å². The van der Waals surface area contributed by atoms with Crippen LogP contribution in [0, 0.1) is 0 Å². The van der Waals surface area contributed by atoms with Crippen LogP contribution in [-0.2, 0) is 14.3 Å². The van der Waals surface area contributed by atoms with E-state index in [0.717, 1.165) is 70.6 Å². The van der Waals surface area contributed by atoms with Gasteiger partial charge in [0, 0.05) is 12.8 Å². The molecule has 0 radical (unpaired) electrons. The molecule has 0 spiro atoms. The average Bonchev–Trinajstić information content (AvgIpc) is 3.12. The standard InChI is InChI=1S/C47H88O4/c1-3-5-7-9-11-13-15-17-19-21-23-25-27-29-31-36-40-44-47(50)51-45(42-38-34-32-35-39-43-46(48)49)41-37-33-30-28-26-24-22-20-18-16-14-12-10-8-6-4-2/h11,13,17,19,45H,3-10,12,14-16,18,20-44H2,1-2H3,(H,48,49)/b13-11-,19-17-. The first kappa shape index (κ1) is 49.4. The number of hydrogen-bond donors (Lipinski definition) is 1. The number of esters is 1. The highest BCUT2D eigenvalue weighted by atomic mass is 16.5. The molecule has 0 aromatic rings. The third-order valence-electron chi connectivity index (χ3n) is 10.4. The minimum atomic E-state index is -0.698. The van der Waals surface area contributed by atoms with Gasteiger partial charge in [0.25, 0.3) is 0 Å². The summed E-state index contributed by atoms with van der Waals surface area (Å²) in [6.07, 6.45) is 54.9. The lowest BCUT2D eigenvalue weighted by Crippen LogP contribution is -2.18. The molecule has 1 atom stereocenters. The second kappa shape index (κ2) is 42.8. The predicted molar refractivity (Wildman–Crippen MR) is 223 cm³/mol. The molecule has 0 aliphatic carbocycles. The van der Waals surface area contributed by atoms with Crippen molar-refractivity contribution in [3.63, 3.8) is 0 Å². The highest BCUT2D eigenvalue weighted by Crippen LogP contribution is 2.19. The first-order chi connectivity index (χ1) is 25.1. The number of allylic oxidation sites excluding steroid dienone is 4. The summed E-state index contributed by atoms with van der Waals surface area (Å²) >= 11 is 0. The fraction of sp³-hybridized carbons (Fsp3) is 0.872. The fourth-order valence-corrected chi connectivity index (χ4v) is 7.04. The molecule has 0 aromatic heterocycles. The van der Waals surface area contributed by atoms with Gasteiger partial charge in [-0.2, -0.15) is 0 Å². The molecule has 0 bridgehead atoms. The third-order valence-corrected chi connectivity index (χ3v) is 10.4. The van der Waals surface area contributed by atoms with Gasteiger partial charge in [0.05, 0.1) is 0 Å². The summed E-state index contributed by atoms with van der Waals surface area (Å²) in [5.74, 6) is -0.697. The maximum atomic E-state index is 12.7. The third kappa shape index (κ3) is 42.7. The second-order valence-corrected chi connectivity index (χ2v) is 15.6. The van der Waals surface area contributed by atoms with Crippen molar-refractivity contribution in [3.05, 3.63) is 24.3 Å². The SMILES string of the molecule is CCCCC/C=C\C/C=C\CCCCCCCCCC(=O)OC(CCCCCCCCCCCCCCCCCC)CCCCCCCC(=O)O. The Hall–Kier alpha value is -1.58. The topological polar surface area (TPSA) is 63.6 Å². The van der Waals surface area contributed by atoms with Crippen LogP contribution < -0.4 is 0 Å². The molecule has 1 unspecified atom stereocenters. The number of carboxylic acid groups (broad SMARTS) is 1. The number of hydrogen-bond acceptors (Lipinski definition) is 3. The van der Waals surface area contributed by atoms with E-state index in [4.69, 9.17) is 9.84 Å². The minimum Gasteiger partial charge on any atom is -0.481 e. The van der Waals surface area contributed by atoms with Crippen molar-refractivity contribution in [2.24, 2.45) is 0 Å². The van der Waals surface area contributed by atoms with E-state index in [0.29, 0.717) is 6.42 Å². The molecule has 51 heavy (non-hydrogen) atoms. The number of ether oxygens (including phenoxy) is 1. The zero-order valence-corrected chi connectivity index (χ0v) is 34.4. The molecule has 0 heterocycles. The summed E-state index contributed by atoms with van der Waals surface area (Å²) in [5.41, 5.74) is 0. The number of aliphatic carboxylic acids is 1. The maximum Gasteiger partial charge on any atom is 0.306 e. The van der Waals surface area contributed by atoms with Gasteiger partial charge in [0.2, 0.25) is 0 Å². The van der Waals surface area contributed by atoms with Crippen molar-refractivity contribution in [3.8, 4) is 0 Å². The van der Waals surface area contributed by atoms with Crippen molar-refractivity contribution >= 4 is 11.9 Å². The number of carbonyl (C=O) groups excluding carboxylic acids is 1. The van der Waals surface area contributed by atoms with E-state index in [2.05, 4.69) is 38.2 Å². The summed E-state index contributed by atoms with van der Waals surface area (Å²) in [7, 11) is 0. The largest absolute Gasteiger partial charge is 0.481 e. The number of carbonyl (C=O) groups is 2. The molecule has 0 saturated carbocycles. The van der Waals surface area contributed by atoms with Crippen molar-refractivity contribution in [2.45, 2.75) is 264 Å². The highest BCUT2D eigenvalue weighted by Gasteiger charge is 2.14. The van der Waals surface area contributed by atoms with E-state index < -0.39 is 5.97 Å². The quantitative estimate of drug-likeness (QED) is 0.0388. The zero-order chi connectivity index (χ0) is 37.1. The van der Waals surface area contributed by atoms with Crippen molar-refractivity contribution < 1.29 is 19.4 Å². The van der Waals surface area contributed by atoms with Gasteiger partial charge in [0.15, 0.2) is 0 Å². The molecule has 0 fully saturated rings. The molecule has 0 rings (SSSR count). The van der Waals surface area contributed by atoms with E-state index in [1.165, 1.54) is 161 Å². The Balaban J connectivity index is 3.99. The monoisotopic (exact) mass is 717 g/mol. The molecular formula is C47H88O4. The molecule has 1 N–H and O–H groups in total. The van der Waals surface area contributed by atoms with Crippen molar-refractivity contribution in [1.82, 2.24) is 0 Å². The smallest absolute Gasteiger partial charge is 0.306 e. The minimum absolute atomic E-state index is 0.000503. The van der Waals surface area contributed by atoms with Gasteiger partial charge < -0.3 is 9.84 Å². The number of rotatable bonds is 42. The van der Waals surface area contributed by atoms with Gasteiger partial charge in [-0.15, -0.1) is 0 Å². The van der Waals surface area contributed by atoms with Crippen LogP contribution in [0.5, 0.6) is 0 Å². The Bertz CT molecular complexity index is 772. The Morgan fingerprint density at radius 3 is 1.20 bits per heavy atom. The lowest BCUT2D eigenvalue weighted by atomic mass is 10.0. The average molecular weight is 717 g/mol. The van der Waals surface area contributed by atoms with Gasteiger partial charge in [-0.3, -0.25) is 9.59 Å². The normalized spacial score (nSPS) is 12.4. The first-order valence-electron chi connectivity index (χ1n) is 22.8. The van der Waals surface area contributed by atoms with Gasteiger partial charge in [-0.1, -0.05) is 199 Å². The van der Waals surface area contributed by atoms with Crippen LogP contribution in [0.1, 0.15) is 258 Å². The van der Waals surface area contributed by atoms with Crippen LogP contribution in [-0.4, -0.2) is 23.1 Å². The van der Waals surface area contributed by atoms with E-state index in [-0.39, 0.29) is 18.5 Å². The summed E-state index contributed by atoms with van der Waals surface area (Å²) in [6.45, 7) is 4.54. The molecule has 0 amide bonds. The van der Waals surface area contributed by atoms with E-state index >= 15 is 0 Å². The molecule has 0 aliphatic rings. The van der Waals surface area contributed by atoms with Gasteiger partial charge in [-0.05, 0) is 70.6 Å². The highest BCUT2D eigenvalue weighted by molar-refractivity contribution is 5.69. The Morgan fingerprint density at radius 1 is 0.431 bits per heavy atom. The molecule has 300 valence electrons. The van der Waals surface area contributed by atoms with Crippen LogP contribution >= 0.6 is 0 Å². The van der Waals surface area contributed by atoms with Crippen LogP contribution in [0.15, 0.2) is 24.3 Å². The summed E-state index contributed by atoms with van der Waals surface area (Å²) < 4.78 is 6.04. The molecule has 0 aliphatic heterocycles. The summed E-state index contributed by atoms with van der Waals surface area (Å²) in [5, 5.41) is 8.85. The molecule has 4 heteroatoms. The maximum absolute atomic E-state index is 12.7. The van der Waals surface area contributed by atoms with E-state index in [1.807, 2.05) is 0 Å². The number of unbranched alkanes of at least 4 members (excludes halogenated alkanes) is 29. The van der Waals surface area contributed by atoms with Crippen LogP contribution in [0.4, 0.5) is 0 Å². The van der Waals surface area contributed by atoms with Gasteiger partial charge in [-0.25, -0.2) is 0 Å². The fourth-order valence-electron chi connectivity index (χ4n) is 7.04. The van der Waals surface area contributed by atoms with Crippen LogP contribution in [0.3, 0.4) is 0 Å². The molecule has 0 aromatic carbocycles. The van der Waals surface area contributed by atoms with Gasteiger partial charge in [0.1, 0.15) is 6.10 Å². The Kier molecular flexibility index (Phi) is 41.5. The van der Waals surface area contributed by atoms with E-state index in [9.17, 15) is 9.59 Å². The lowest BCUT2D eigenvalue weighted by Gasteiger charge is -2.18. The number of carboxylic acids is 1. The first-order valence-corrected chi connectivity index (χ1v) is 22.8. The van der Waals surface area contributed by atoms with Crippen LogP contribution in [0.25, 0.3) is 0 Å². The van der Waals surface area contributed by atoms with E-state index in [1.54, 1.807) is 0 Å². The van der Waals surface area contributed by atoms with Gasteiger partial charge >= 0.3 is 11.9 Å². The lowest BCUT2D eigenvalue weighted by molar-refractivity contribution is -0.150. The molecular weight excluding hydrogens is 629 g/mol. The predicted octanol–water partition coefficient (Wildman–Crippen LogP) is 16.0. The van der Waals surface area contributed by atoms with Crippen LogP contribution in [0.2, 0.25) is 0 Å². The second-order valence-electron chi connectivity index (χ2n) is 15.6. The molecule has 0 saturated heterocycles. The Morgan fingerprint density at radius 2 is 0.765 bits per heavy atom. The zero-order valence-electron chi connectivity index (χ0n) is 34.4. The Labute approximate surface area is 318 Å². The summed E-state index contributed by atoms with van der Waals surface area (Å²) in [6, 6.07) is 0. The summed E-state index contributed by atoms with van der Waals surface area (Å²) in [4.78, 5) is 23.5. The molecule has 4 nitrogen and oxygen atoms in total. The van der Waals surface area contributed by atoms with Crippen molar-refractivity contribution in [1.29, 1.82) is 0 Å².